The smallest absolute Gasteiger partial charge is 0.261 e. The molecular formula is C21H25ClN4O3S. The van der Waals surface area contributed by atoms with Gasteiger partial charge >= 0.3 is 0 Å². The molecule has 0 atom stereocenters. The van der Waals surface area contributed by atoms with E-state index >= 15 is 0 Å². The van der Waals surface area contributed by atoms with Crippen molar-refractivity contribution in [2.45, 2.75) is 12.8 Å². The second-order valence-electron chi connectivity index (χ2n) is 7.02. The van der Waals surface area contributed by atoms with Crippen LogP contribution in [-0.4, -0.2) is 66.8 Å². The first-order chi connectivity index (χ1) is 14.5. The van der Waals surface area contributed by atoms with E-state index in [1.807, 2.05) is 33.4 Å². The van der Waals surface area contributed by atoms with E-state index in [1.165, 1.54) is 11.3 Å². The minimum atomic E-state index is -0.121. The molecule has 0 unspecified atom stereocenters. The van der Waals surface area contributed by atoms with Gasteiger partial charge in [-0.1, -0.05) is 29.8 Å². The van der Waals surface area contributed by atoms with E-state index in [0.717, 1.165) is 0 Å². The number of hydrogen-bond donors (Lipinski definition) is 2. The Hall–Kier alpha value is -2.42. The maximum Gasteiger partial charge on any atom is 0.261 e. The van der Waals surface area contributed by atoms with Crippen LogP contribution in [0, 0.1) is 0 Å². The summed E-state index contributed by atoms with van der Waals surface area (Å²) in [6, 6.07) is 10.7. The molecule has 1 aromatic carbocycles. The number of carbonyl (C=O) groups is 3. The average molecular weight is 449 g/mol. The topological polar surface area (TPSA) is 81.8 Å². The van der Waals surface area contributed by atoms with Crippen LogP contribution >= 0.6 is 22.9 Å². The lowest BCUT2D eigenvalue weighted by Gasteiger charge is -2.34. The zero-order chi connectivity index (χ0) is 21.3. The Bertz CT molecular complexity index is 867. The molecule has 7 nitrogen and oxygen atoms in total. The summed E-state index contributed by atoms with van der Waals surface area (Å²) in [6.45, 7) is 3.24. The van der Waals surface area contributed by atoms with Crippen molar-refractivity contribution >= 4 is 46.3 Å². The van der Waals surface area contributed by atoms with Gasteiger partial charge < -0.3 is 15.5 Å². The summed E-state index contributed by atoms with van der Waals surface area (Å²) in [5.41, 5.74) is 0.601. The Labute approximate surface area is 185 Å². The molecular weight excluding hydrogens is 424 g/mol. The highest BCUT2D eigenvalue weighted by Crippen LogP contribution is 2.20. The van der Waals surface area contributed by atoms with Gasteiger partial charge in [0.15, 0.2) is 0 Å². The van der Waals surface area contributed by atoms with Crippen LogP contribution in [0.2, 0.25) is 5.02 Å². The fourth-order valence-corrected chi connectivity index (χ4v) is 4.03. The van der Waals surface area contributed by atoms with Crippen molar-refractivity contribution in [3.05, 3.63) is 51.7 Å². The van der Waals surface area contributed by atoms with Gasteiger partial charge in [-0.2, -0.15) is 0 Å². The van der Waals surface area contributed by atoms with Crippen molar-refractivity contribution in [1.29, 1.82) is 0 Å². The van der Waals surface area contributed by atoms with Crippen LogP contribution in [0.4, 0.5) is 5.69 Å². The number of piperazine rings is 1. The van der Waals surface area contributed by atoms with E-state index in [9.17, 15) is 14.4 Å². The van der Waals surface area contributed by atoms with Crippen LogP contribution in [0.15, 0.2) is 41.8 Å². The molecule has 3 rings (SSSR count). The monoisotopic (exact) mass is 448 g/mol. The summed E-state index contributed by atoms with van der Waals surface area (Å²) >= 11 is 7.46. The van der Waals surface area contributed by atoms with E-state index in [1.54, 1.807) is 18.2 Å². The van der Waals surface area contributed by atoms with Gasteiger partial charge in [0.1, 0.15) is 0 Å². The first kappa shape index (κ1) is 22.3. The lowest BCUT2D eigenvalue weighted by atomic mass is 10.2. The molecule has 0 bridgehead atoms. The third-order valence-corrected chi connectivity index (χ3v) is 6.04. The number of thiophene rings is 1. The molecule has 1 saturated heterocycles. The van der Waals surface area contributed by atoms with E-state index in [2.05, 4.69) is 10.6 Å². The quantitative estimate of drug-likeness (QED) is 0.608. The van der Waals surface area contributed by atoms with Crippen molar-refractivity contribution in [3.63, 3.8) is 0 Å². The van der Waals surface area contributed by atoms with E-state index in [4.69, 9.17) is 11.6 Å². The summed E-state index contributed by atoms with van der Waals surface area (Å²) in [5.74, 6) is -0.133. The Kier molecular flexibility index (Phi) is 8.24. The first-order valence-corrected chi connectivity index (χ1v) is 11.1. The SMILES string of the molecule is O=C(CN1CCN(C(=O)CCCNC(=O)c2cccs2)CC1)Nc1ccccc1Cl. The highest BCUT2D eigenvalue weighted by atomic mass is 35.5. The molecule has 1 fully saturated rings. The number of amides is 3. The van der Waals surface area contributed by atoms with Gasteiger partial charge in [0.25, 0.3) is 5.91 Å². The molecule has 1 aliphatic rings. The summed E-state index contributed by atoms with van der Waals surface area (Å²) in [7, 11) is 0. The maximum atomic E-state index is 12.4. The third-order valence-electron chi connectivity index (χ3n) is 4.84. The predicted octanol–water partition coefficient (Wildman–Crippen LogP) is 2.69. The number of anilines is 1. The Morgan fingerprint density at radius 1 is 1.03 bits per heavy atom. The molecule has 1 aliphatic heterocycles. The van der Waals surface area contributed by atoms with Crippen molar-refractivity contribution in [2.24, 2.45) is 0 Å². The number of carbonyl (C=O) groups excluding carboxylic acids is 3. The standard InChI is InChI=1S/C21H25ClN4O3S/c22-16-5-1-2-6-17(16)24-19(27)15-25-10-12-26(13-11-25)20(28)8-3-9-23-21(29)18-7-4-14-30-18/h1-2,4-7,14H,3,8-13,15H2,(H,23,29)(H,24,27). The molecule has 2 heterocycles. The van der Waals surface area contributed by atoms with E-state index < -0.39 is 0 Å². The molecule has 0 saturated carbocycles. The van der Waals surface area contributed by atoms with Crippen molar-refractivity contribution in [3.8, 4) is 0 Å². The van der Waals surface area contributed by atoms with Crippen LogP contribution in [-0.2, 0) is 9.59 Å². The number of nitrogens with one attached hydrogen (secondary N) is 2. The summed E-state index contributed by atoms with van der Waals surface area (Å²) < 4.78 is 0. The second-order valence-corrected chi connectivity index (χ2v) is 8.38. The molecule has 9 heteroatoms. The lowest BCUT2D eigenvalue weighted by Crippen LogP contribution is -2.50. The molecule has 2 N–H and O–H groups in total. The van der Waals surface area contributed by atoms with Gasteiger partial charge in [-0.25, -0.2) is 0 Å². The zero-order valence-electron chi connectivity index (χ0n) is 16.6. The van der Waals surface area contributed by atoms with Crippen LogP contribution in [0.25, 0.3) is 0 Å². The second kappa shape index (κ2) is 11.1. The Balaban J connectivity index is 1.31. The Morgan fingerprint density at radius 3 is 2.50 bits per heavy atom. The Morgan fingerprint density at radius 2 is 1.80 bits per heavy atom. The normalized spacial score (nSPS) is 14.4. The fourth-order valence-electron chi connectivity index (χ4n) is 3.21. The number of rotatable bonds is 8. The van der Waals surface area contributed by atoms with Gasteiger partial charge in [0, 0.05) is 39.1 Å². The number of hydrogen-bond acceptors (Lipinski definition) is 5. The van der Waals surface area contributed by atoms with Crippen LogP contribution < -0.4 is 10.6 Å². The van der Waals surface area contributed by atoms with Crippen molar-refractivity contribution in [1.82, 2.24) is 15.1 Å². The summed E-state index contributed by atoms with van der Waals surface area (Å²) in [4.78, 5) is 41.0. The maximum absolute atomic E-state index is 12.4. The van der Waals surface area contributed by atoms with E-state index in [-0.39, 0.29) is 24.3 Å². The molecule has 30 heavy (non-hydrogen) atoms. The van der Waals surface area contributed by atoms with Gasteiger partial charge in [0.2, 0.25) is 11.8 Å². The molecule has 0 aliphatic carbocycles. The minimum absolute atomic E-state index is 0.0838. The van der Waals surface area contributed by atoms with Gasteiger partial charge in [0.05, 0.1) is 22.1 Å². The molecule has 1 aromatic heterocycles. The highest BCUT2D eigenvalue weighted by molar-refractivity contribution is 7.12. The average Bonchev–Trinajstić information content (AvgIpc) is 3.28. The van der Waals surface area contributed by atoms with Crippen LogP contribution in [0.3, 0.4) is 0 Å². The number of nitrogens with zero attached hydrogens (tertiary/aromatic N) is 2. The minimum Gasteiger partial charge on any atom is -0.351 e. The van der Waals surface area contributed by atoms with Crippen LogP contribution in [0.1, 0.15) is 22.5 Å². The summed E-state index contributed by atoms with van der Waals surface area (Å²) in [5, 5.41) is 8.02. The highest BCUT2D eigenvalue weighted by Gasteiger charge is 2.22. The third kappa shape index (κ3) is 6.55. The number of halogens is 1. The molecule has 3 amide bonds. The first-order valence-electron chi connectivity index (χ1n) is 9.89. The lowest BCUT2D eigenvalue weighted by molar-refractivity contribution is -0.133. The molecule has 0 spiro atoms. The van der Waals surface area contributed by atoms with Gasteiger partial charge in [-0.05, 0) is 30.0 Å². The van der Waals surface area contributed by atoms with Crippen LogP contribution in [0.5, 0.6) is 0 Å². The molecule has 2 aromatic rings. The van der Waals surface area contributed by atoms with Gasteiger partial charge in [-0.3, -0.25) is 19.3 Å². The summed E-state index contributed by atoms with van der Waals surface area (Å²) in [6.07, 6.45) is 1.01. The largest absolute Gasteiger partial charge is 0.351 e. The van der Waals surface area contributed by atoms with Crippen molar-refractivity contribution < 1.29 is 14.4 Å². The molecule has 0 radical (unpaired) electrons. The van der Waals surface area contributed by atoms with Gasteiger partial charge in [-0.15, -0.1) is 11.3 Å². The van der Waals surface area contributed by atoms with Crippen molar-refractivity contribution in [2.75, 3.05) is 44.6 Å². The fraction of sp³-hybridized carbons (Fsp3) is 0.381. The zero-order valence-corrected chi connectivity index (χ0v) is 18.2. The number of benzene rings is 1. The van der Waals surface area contributed by atoms with E-state index in [0.29, 0.717) is 61.2 Å². The number of para-hydroxylation sites is 1. The predicted molar refractivity (Wildman–Crippen MR) is 119 cm³/mol. The molecule has 160 valence electrons.